The number of nitrogens with zero attached hydrogens (tertiary/aromatic N) is 2. The second-order valence-electron chi connectivity index (χ2n) is 4.64. The van der Waals surface area contributed by atoms with E-state index in [1.807, 2.05) is 0 Å². The van der Waals surface area contributed by atoms with Gasteiger partial charge in [-0.05, 0) is 33.6 Å². The zero-order chi connectivity index (χ0) is 17.1. The Bertz CT molecular complexity index is 847. The highest BCUT2D eigenvalue weighted by atomic mass is 79.9. The van der Waals surface area contributed by atoms with Gasteiger partial charge in [0.15, 0.2) is 0 Å². The van der Waals surface area contributed by atoms with Crippen molar-refractivity contribution in [2.45, 2.75) is 6.54 Å². The molecule has 0 saturated carbocycles. The number of carbonyl (C=O) groups is 1. The van der Waals surface area contributed by atoms with Crippen LogP contribution >= 0.6 is 15.9 Å². The summed E-state index contributed by atoms with van der Waals surface area (Å²) in [6, 6.07) is 5.99. The summed E-state index contributed by atoms with van der Waals surface area (Å²) in [6.45, 7) is 0.0450. The van der Waals surface area contributed by atoms with Gasteiger partial charge in [-0.1, -0.05) is 6.07 Å². The van der Waals surface area contributed by atoms with Crippen molar-refractivity contribution in [3.8, 4) is 5.75 Å². The van der Waals surface area contributed by atoms with E-state index in [9.17, 15) is 19.7 Å². The van der Waals surface area contributed by atoms with Crippen LogP contribution in [0.2, 0.25) is 0 Å². The normalized spacial score (nSPS) is 10.3. The number of pyridine rings is 1. The molecule has 2 N–H and O–H groups in total. The second-order valence-corrected chi connectivity index (χ2v) is 5.49. The van der Waals surface area contributed by atoms with Crippen LogP contribution in [0.1, 0.15) is 15.9 Å². The zero-order valence-corrected chi connectivity index (χ0v) is 13.6. The lowest BCUT2D eigenvalue weighted by Crippen LogP contribution is -2.30. The predicted molar refractivity (Wildman–Crippen MR) is 85.7 cm³/mol. The number of primary amides is 1. The monoisotopic (exact) mass is 381 g/mol. The highest BCUT2D eigenvalue weighted by molar-refractivity contribution is 9.10. The molecule has 1 heterocycles. The molecule has 0 bridgehead atoms. The molecule has 0 unspecified atom stereocenters. The fraction of sp³-hybridized carbons (Fsp3) is 0.143. The lowest BCUT2D eigenvalue weighted by atomic mass is 10.2. The largest absolute Gasteiger partial charge is 0.496 e. The second kappa shape index (κ2) is 6.61. The molecule has 0 aliphatic rings. The number of benzene rings is 1. The van der Waals surface area contributed by atoms with Crippen LogP contribution < -0.4 is 16.0 Å². The zero-order valence-electron chi connectivity index (χ0n) is 12.0. The maximum atomic E-state index is 12.2. The van der Waals surface area contributed by atoms with Gasteiger partial charge >= 0.3 is 0 Å². The van der Waals surface area contributed by atoms with Crippen molar-refractivity contribution in [3.63, 3.8) is 0 Å². The van der Waals surface area contributed by atoms with E-state index in [0.717, 1.165) is 16.8 Å². The van der Waals surface area contributed by atoms with Gasteiger partial charge in [-0.3, -0.25) is 19.7 Å². The molecule has 8 nitrogen and oxygen atoms in total. The molecule has 23 heavy (non-hydrogen) atoms. The first-order valence-corrected chi connectivity index (χ1v) is 7.14. The Labute approximate surface area is 138 Å². The van der Waals surface area contributed by atoms with Crippen LogP contribution in [-0.2, 0) is 6.54 Å². The van der Waals surface area contributed by atoms with Gasteiger partial charge in [0.1, 0.15) is 11.3 Å². The van der Waals surface area contributed by atoms with Crippen LogP contribution in [0.25, 0.3) is 0 Å². The van der Waals surface area contributed by atoms with Crippen molar-refractivity contribution >= 4 is 27.5 Å². The highest BCUT2D eigenvalue weighted by Crippen LogP contribution is 2.25. The summed E-state index contributed by atoms with van der Waals surface area (Å²) in [5.74, 6) is -0.402. The van der Waals surface area contributed by atoms with Crippen LogP contribution in [-0.4, -0.2) is 22.5 Å². The first-order valence-electron chi connectivity index (χ1n) is 6.34. The minimum Gasteiger partial charge on any atom is -0.496 e. The van der Waals surface area contributed by atoms with Crippen LogP contribution in [0, 0.1) is 10.1 Å². The van der Waals surface area contributed by atoms with Gasteiger partial charge in [0, 0.05) is 6.07 Å². The van der Waals surface area contributed by atoms with Crippen LogP contribution in [0.4, 0.5) is 5.69 Å². The summed E-state index contributed by atoms with van der Waals surface area (Å²) < 4.78 is 6.86. The quantitative estimate of drug-likeness (QED) is 0.624. The fourth-order valence-corrected chi connectivity index (χ4v) is 2.61. The Morgan fingerprint density at radius 2 is 2.13 bits per heavy atom. The Morgan fingerprint density at radius 3 is 2.65 bits per heavy atom. The van der Waals surface area contributed by atoms with Gasteiger partial charge in [0.25, 0.3) is 17.2 Å². The minimum atomic E-state index is -1.01. The van der Waals surface area contributed by atoms with Gasteiger partial charge in [-0.2, -0.15) is 0 Å². The van der Waals surface area contributed by atoms with Crippen molar-refractivity contribution < 1.29 is 14.5 Å². The predicted octanol–water partition coefficient (Wildman–Crippen LogP) is 1.67. The summed E-state index contributed by atoms with van der Waals surface area (Å²) in [7, 11) is 1.52. The van der Waals surface area contributed by atoms with Crippen molar-refractivity contribution in [2.24, 2.45) is 5.73 Å². The molecular weight excluding hydrogens is 370 g/mol. The average Bonchev–Trinajstić information content (AvgIpc) is 2.49. The van der Waals surface area contributed by atoms with Crippen LogP contribution in [0.5, 0.6) is 5.75 Å². The molecule has 1 amide bonds. The Balaban J connectivity index is 2.50. The molecular formula is C14H12BrN3O5. The average molecular weight is 382 g/mol. The molecule has 9 heteroatoms. The molecule has 1 aromatic heterocycles. The van der Waals surface area contributed by atoms with E-state index in [1.165, 1.54) is 7.11 Å². The Kier molecular flexibility index (Phi) is 4.80. The standard InChI is InChI=1S/C14H12BrN3O5/c1-23-12-3-2-8(4-11(12)15)6-17-7-9(18(21)22)5-10(13(16)19)14(17)20/h2-5,7H,6H2,1H3,(H2,16,19). The van der Waals surface area contributed by atoms with E-state index in [0.29, 0.717) is 15.8 Å². The first kappa shape index (κ1) is 16.7. The molecule has 0 aliphatic heterocycles. The maximum absolute atomic E-state index is 12.2. The Morgan fingerprint density at radius 1 is 1.43 bits per heavy atom. The van der Waals surface area contributed by atoms with Crippen molar-refractivity contribution in [1.29, 1.82) is 0 Å². The number of halogens is 1. The van der Waals surface area contributed by atoms with E-state index < -0.39 is 22.0 Å². The van der Waals surface area contributed by atoms with E-state index in [-0.39, 0.29) is 12.2 Å². The number of hydrogen-bond acceptors (Lipinski definition) is 5. The molecule has 1 aromatic carbocycles. The number of methoxy groups -OCH3 is 1. The SMILES string of the molecule is COc1ccc(Cn2cc([N+](=O)[O-])cc(C(N)=O)c2=O)cc1Br. The Hall–Kier alpha value is -2.68. The maximum Gasteiger partial charge on any atom is 0.286 e. The third-order valence-corrected chi connectivity index (χ3v) is 3.74. The summed E-state index contributed by atoms with van der Waals surface area (Å²) in [6.07, 6.45) is 1.08. The lowest BCUT2D eigenvalue weighted by molar-refractivity contribution is -0.385. The van der Waals surface area contributed by atoms with Crippen LogP contribution in [0.3, 0.4) is 0 Å². The minimum absolute atomic E-state index is 0.0450. The molecule has 120 valence electrons. The first-order chi connectivity index (χ1) is 10.8. The summed E-state index contributed by atoms with van der Waals surface area (Å²) >= 11 is 3.32. The van der Waals surface area contributed by atoms with Gasteiger partial charge < -0.3 is 15.0 Å². The number of rotatable bonds is 5. The third kappa shape index (κ3) is 3.57. The van der Waals surface area contributed by atoms with Crippen molar-refractivity contribution in [3.05, 3.63) is 66.5 Å². The molecule has 2 rings (SSSR count). The van der Waals surface area contributed by atoms with Crippen molar-refractivity contribution in [2.75, 3.05) is 7.11 Å². The number of nitrogens with two attached hydrogens (primary N) is 1. The third-order valence-electron chi connectivity index (χ3n) is 3.12. The van der Waals surface area contributed by atoms with Gasteiger partial charge in [-0.15, -0.1) is 0 Å². The summed E-state index contributed by atoms with van der Waals surface area (Å²) in [5.41, 5.74) is 4.31. The molecule has 0 aliphatic carbocycles. The number of nitro groups is 1. The molecule has 0 saturated heterocycles. The lowest BCUT2D eigenvalue weighted by Gasteiger charge is -2.09. The van der Waals surface area contributed by atoms with E-state index in [2.05, 4.69) is 15.9 Å². The highest BCUT2D eigenvalue weighted by Gasteiger charge is 2.17. The summed E-state index contributed by atoms with van der Waals surface area (Å²) in [4.78, 5) is 33.8. The number of aromatic nitrogens is 1. The van der Waals surface area contributed by atoms with Crippen molar-refractivity contribution in [1.82, 2.24) is 4.57 Å². The van der Waals surface area contributed by atoms with E-state index in [4.69, 9.17) is 10.5 Å². The number of ether oxygens (including phenoxy) is 1. The number of amides is 1. The van der Waals surface area contributed by atoms with E-state index in [1.54, 1.807) is 18.2 Å². The van der Waals surface area contributed by atoms with Gasteiger partial charge in [0.2, 0.25) is 0 Å². The molecule has 0 fully saturated rings. The summed E-state index contributed by atoms with van der Waals surface area (Å²) in [5, 5.41) is 10.9. The topological polar surface area (TPSA) is 117 Å². The number of hydrogen-bond donors (Lipinski definition) is 1. The van der Waals surface area contributed by atoms with Gasteiger partial charge in [-0.25, -0.2) is 0 Å². The molecule has 2 aromatic rings. The fourth-order valence-electron chi connectivity index (χ4n) is 2.02. The molecule has 0 atom stereocenters. The number of carbonyl (C=O) groups excluding carboxylic acids is 1. The van der Waals surface area contributed by atoms with Crippen LogP contribution in [0.15, 0.2) is 39.7 Å². The smallest absolute Gasteiger partial charge is 0.286 e. The molecule has 0 spiro atoms. The van der Waals surface area contributed by atoms with E-state index >= 15 is 0 Å². The van der Waals surface area contributed by atoms with Gasteiger partial charge in [0.05, 0.1) is 29.2 Å². The molecule has 0 radical (unpaired) electrons.